The van der Waals surface area contributed by atoms with E-state index in [4.69, 9.17) is 4.74 Å². The molecule has 1 N–H and O–H groups in total. The van der Waals surface area contributed by atoms with Gasteiger partial charge < -0.3 is 19.9 Å². The van der Waals surface area contributed by atoms with Gasteiger partial charge in [0.15, 0.2) is 0 Å². The Labute approximate surface area is 185 Å². The minimum absolute atomic E-state index is 0.00749. The Bertz CT molecular complexity index is 796. The largest absolute Gasteiger partial charge is 0.450 e. The van der Waals surface area contributed by atoms with Gasteiger partial charge in [-0.3, -0.25) is 4.90 Å². The number of ether oxygens (including phenoxy) is 1. The molecule has 7 nitrogen and oxygen atoms in total. The van der Waals surface area contributed by atoms with E-state index in [1.165, 1.54) is 5.56 Å². The van der Waals surface area contributed by atoms with E-state index in [9.17, 15) is 9.59 Å². The maximum Gasteiger partial charge on any atom is 0.409 e. The van der Waals surface area contributed by atoms with Gasteiger partial charge in [-0.2, -0.15) is 0 Å². The molecule has 1 spiro atoms. The molecule has 0 bridgehead atoms. The second-order valence-electron chi connectivity index (χ2n) is 9.44. The molecule has 3 amide bonds. The first-order valence-corrected chi connectivity index (χ1v) is 11.8. The fourth-order valence-corrected chi connectivity index (χ4v) is 5.51. The highest BCUT2D eigenvalue weighted by molar-refractivity contribution is 5.95. The number of hydrogen-bond acceptors (Lipinski definition) is 4. The van der Waals surface area contributed by atoms with E-state index < -0.39 is 0 Å². The number of fused-ring (bicyclic) bond motifs is 2. The minimum Gasteiger partial charge on any atom is -0.450 e. The summed E-state index contributed by atoms with van der Waals surface area (Å²) in [5, 5.41) is 3.06. The van der Waals surface area contributed by atoms with Crippen LogP contribution in [0.1, 0.15) is 52.0 Å². The third kappa shape index (κ3) is 4.38. The molecule has 170 valence electrons. The van der Waals surface area contributed by atoms with Gasteiger partial charge in [-0.05, 0) is 71.2 Å². The van der Waals surface area contributed by atoms with Crippen molar-refractivity contribution in [2.24, 2.45) is 0 Å². The highest BCUT2D eigenvalue weighted by Gasteiger charge is 2.47. The zero-order valence-corrected chi connectivity index (χ0v) is 19.1. The third-order valence-electron chi connectivity index (χ3n) is 7.15. The van der Waals surface area contributed by atoms with E-state index in [0.717, 1.165) is 64.1 Å². The van der Waals surface area contributed by atoms with Crippen molar-refractivity contribution in [2.75, 3.05) is 44.2 Å². The average molecular weight is 429 g/mol. The fourth-order valence-electron chi connectivity index (χ4n) is 5.51. The predicted octanol–water partition coefficient (Wildman–Crippen LogP) is 3.58. The number of hydrogen-bond donors (Lipinski definition) is 1. The van der Waals surface area contributed by atoms with E-state index in [0.29, 0.717) is 12.6 Å². The molecule has 3 aliphatic heterocycles. The summed E-state index contributed by atoms with van der Waals surface area (Å²) in [7, 11) is 0. The Morgan fingerprint density at radius 2 is 1.81 bits per heavy atom. The summed E-state index contributed by atoms with van der Waals surface area (Å²) in [6.07, 6.45) is 3.96. The van der Waals surface area contributed by atoms with Crippen molar-refractivity contribution in [3.05, 3.63) is 29.8 Å². The summed E-state index contributed by atoms with van der Waals surface area (Å²) >= 11 is 0. The van der Waals surface area contributed by atoms with Crippen LogP contribution in [-0.4, -0.2) is 73.3 Å². The lowest BCUT2D eigenvalue weighted by Gasteiger charge is -2.45. The summed E-state index contributed by atoms with van der Waals surface area (Å²) < 4.78 is 5.15. The molecule has 7 heteroatoms. The SMILES string of the molecule is CCOC(=O)N1CCC(N2CCC3(CC2)CN(C(=O)NC(C)C)c2ccccc23)CC1. The van der Waals surface area contributed by atoms with Crippen molar-refractivity contribution >= 4 is 17.8 Å². The van der Waals surface area contributed by atoms with E-state index in [1.807, 2.05) is 36.6 Å². The van der Waals surface area contributed by atoms with Gasteiger partial charge in [0.2, 0.25) is 0 Å². The molecule has 0 saturated carbocycles. The Morgan fingerprint density at radius 1 is 1.13 bits per heavy atom. The Morgan fingerprint density at radius 3 is 2.45 bits per heavy atom. The molecular formula is C24H36N4O3. The minimum atomic E-state index is -0.180. The van der Waals surface area contributed by atoms with Crippen LogP contribution in [0.25, 0.3) is 0 Å². The van der Waals surface area contributed by atoms with Crippen molar-refractivity contribution in [1.29, 1.82) is 0 Å². The van der Waals surface area contributed by atoms with E-state index in [1.54, 1.807) is 0 Å². The summed E-state index contributed by atoms with van der Waals surface area (Å²) in [6.45, 7) is 10.7. The monoisotopic (exact) mass is 428 g/mol. The molecule has 31 heavy (non-hydrogen) atoms. The van der Waals surface area contributed by atoms with Crippen LogP contribution in [-0.2, 0) is 10.2 Å². The lowest BCUT2D eigenvalue weighted by atomic mass is 9.74. The molecule has 3 heterocycles. The van der Waals surface area contributed by atoms with Crippen LogP contribution in [0.4, 0.5) is 15.3 Å². The molecule has 1 aromatic carbocycles. The molecule has 2 fully saturated rings. The van der Waals surface area contributed by atoms with Crippen LogP contribution in [0, 0.1) is 0 Å². The Hall–Kier alpha value is -2.28. The van der Waals surface area contributed by atoms with Gasteiger partial charge in [-0.25, -0.2) is 9.59 Å². The smallest absolute Gasteiger partial charge is 0.409 e. The molecule has 0 unspecified atom stereocenters. The number of likely N-dealkylation sites (tertiary alicyclic amines) is 2. The van der Waals surface area contributed by atoms with Gasteiger partial charge in [0, 0.05) is 42.8 Å². The molecule has 0 aliphatic carbocycles. The maximum atomic E-state index is 12.9. The summed E-state index contributed by atoms with van der Waals surface area (Å²) in [5.41, 5.74) is 2.44. The Balaban J connectivity index is 1.39. The number of carbonyl (C=O) groups excluding carboxylic acids is 2. The highest BCUT2D eigenvalue weighted by Crippen LogP contribution is 2.47. The first-order chi connectivity index (χ1) is 14.9. The topological polar surface area (TPSA) is 65.1 Å². The summed E-state index contributed by atoms with van der Waals surface area (Å²) in [5.74, 6) is 0. The van der Waals surface area contributed by atoms with E-state index >= 15 is 0 Å². The zero-order chi connectivity index (χ0) is 22.0. The van der Waals surface area contributed by atoms with Crippen molar-refractivity contribution in [1.82, 2.24) is 15.1 Å². The van der Waals surface area contributed by atoms with E-state index in [-0.39, 0.29) is 23.6 Å². The van der Waals surface area contributed by atoms with Crippen molar-refractivity contribution in [2.45, 2.75) is 64.0 Å². The number of anilines is 1. The van der Waals surface area contributed by atoms with Crippen molar-refractivity contribution < 1.29 is 14.3 Å². The van der Waals surface area contributed by atoms with Gasteiger partial charge in [0.1, 0.15) is 0 Å². The molecule has 0 atom stereocenters. The molecule has 3 aliphatic rings. The highest BCUT2D eigenvalue weighted by atomic mass is 16.6. The van der Waals surface area contributed by atoms with Gasteiger partial charge in [-0.1, -0.05) is 18.2 Å². The average Bonchev–Trinajstić information content (AvgIpc) is 3.09. The number of nitrogens with zero attached hydrogens (tertiary/aromatic N) is 3. The van der Waals surface area contributed by atoms with Crippen molar-refractivity contribution in [3.8, 4) is 0 Å². The number of benzene rings is 1. The first kappa shape index (κ1) is 21.9. The van der Waals surface area contributed by atoms with Gasteiger partial charge >= 0.3 is 12.1 Å². The Kier molecular flexibility index (Phi) is 6.42. The molecular weight excluding hydrogens is 392 g/mol. The number of urea groups is 1. The maximum absolute atomic E-state index is 12.9. The van der Waals surface area contributed by atoms with Gasteiger partial charge in [0.05, 0.1) is 6.61 Å². The van der Waals surface area contributed by atoms with Crippen LogP contribution < -0.4 is 10.2 Å². The number of piperidine rings is 2. The van der Waals surface area contributed by atoms with Gasteiger partial charge in [0.25, 0.3) is 0 Å². The quantitative estimate of drug-likeness (QED) is 0.799. The normalized spacial score (nSPS) is 21.4. The zero-order valence-electron chi connectivity index (χ0n) is 19.1. The lowest BCUT2D eigenvalue weighted by Crippen LogP contribution is -2.53. The standard InChI is InChI=1S/C24H36N4O3/c1-4-31-23(30)27-13-9-19(10-14-27)26-15-11-24(12-16-26)17-28(22(29)25-18(2)3)21-8-6-5-7-20(21)24/h5-8,18-19H,4,9-17H2,1-3H3,(H,25,29). The van der Waals surface area contributed by atoms with Crippen LogP contribution in [0.2, 0.25) is 0 Å². The number of nitrogens with one attached hydrogen (secondary N) is 1. The predicted molar refractivity (Wildman–Crippen MR) is 122 cm³/mol. The van der Waals surface area contributed by atoms with Crippen LogP contribution in [0.3, 0.4) is 0 Å². The van der Waals surface area contributed by atoms with E-state index in [2.05, 4.69) is 28.4 Å². The molecule has 2 saturated heterocycles. The van der Waals surface area contributed by atoms with Crippen LogP contribution in [0.5, 0.6) is 0 Å². The second kappa shape index (κ2) is 9.07. The number of para-hydroxylation sites is 1. The third-order valence-corrected chi connectivity index (χ3v) is 7.15. The van der Waals surface area contributed by atoms with Crippen LogP contribution >= 0.6 is 0 Å². The summed E-state index contributed by atoms with van der Waals surface area (Å²) in [6, 6.07) is 9.08. The number of rotatable bonds is 3. The van der Waals surface area contributed by atoms with Crippen molar-refractivity contribution in [3.63, 3.8) is 0 Å². The number of carbonyl (C=O) groups is 2. The first-order valence-electron chi connectivity index (χ1n) is 11.8. The fraction of sp³-hybridized carbons (Fsp3) is 0.667. The second-order valence-corrected chi connectivity index (χ2v) is 9.44. The molecule has 0 radical (unpaired) electrons. The summed E-state index contributed by atoms with van der Waals surface area (Å²) in [4.78, 5) is 31.2. The molecule has 4 rings (SSSR count). The lowest BCUT2D eigenvalue weighted by molar-refractivity contribution is 0.0580. The van der Waals surface area contributed by atoms with Crippen LogP contribution in [0.15, 0.2) is 24.3 Å². The van der Waals surface area contributed by atoms with Gasteiger partial charge in [-0.15, -0.1) is 0 Å². The number of amides is 3. The molecule has 1 aromatic rings. The molecule has 0 aromatic heterocycles.